The second kappa shape index (κ2) is 38.2. The minimum absolute atomic E-state index is 0.00859. The highest BCUT2D eigenvalue weighted by Crippen LogP contribution is 2.38. The molecule has 3 atom stereocenters. The van der Waals surface area contributed by atoms with Crippen molar-refractivity contribution in [3.8, 4) is 0 Å². The number of unbranched alkanes of at least 4 members (excludes halogenated alkanes) is 22. The van der Waals surface area contributed by atoms with Crippen LogP contribution in [0.1, 0.15) is 200 Å². The number of allylic oxidation sites excluding steroid dienone is 6. The van der Waals surface area contributed by atoms with Gasteiger partial charge in [0.05, 0.1) is 39.9 Å². The number of amides is 1. The Balaban J connectivity index is 4.34. The first kappa shape index (κ1) is 53.7. The van der Waals surface area contributed by atoms with E-state index in [0.29, 0.717) is 23.9 Å². The molecular weight excluding hydrogens is 707 g/mol. The van der Waals surface area contributed by atoms with E-state index < -0.39 is 20.0 Å². The SMILES string of the molecule is CCCCCCC/C=C\C/C=C\C/C=C\CCCCCCCCC(=O)NC(COP(=O)([O-])OCC[N+](C)(C)C)C(O)CCCCCCCCCCCCCC. The number of aliphatic hydroxyl groups excluding tert-OH is 1. The van der Waals surface area contributed by atoms with Gasteiger partial charge < -0.3 is 28.8 Å². The molecule has 0 saturated carbocycles. The summed E-state index contributed by atoms with van der Waals surface area (Å²) in [5.41, 5.74) is 0. The molecule has 0 bridgehead atoms. The predicted octanol–water partition coefficient (Wildman–Crippen LogP) is 12.1. The van der Waals surface area contributed by atoms with Gasteiger partial charge in [-0.3, -0.25) is 9.36 Å². The van der Waals surface area contributed by atoms with Crippen molar-refractivity contribution < 1.29 is 32.9 Å². The maximum Gasteiger partial charge on any atom is 0.268 e. The van der Waals surface area contributed by atoms with Gasteiger partial charge in [0.15, 0.2) is 0 Å². The van der Waals surface area contributed by atoms with E-state index in [4.69, 9.17) is 9.05 Å². The van der Waals surface area contributed by atoms with Crippen LogP contribution in [0, 0.1) is 0 Å². The third-order valence-corrected chi connectivity index (χ3v) is 11.1. The number of nitrogens with zero attached hydrogens (tertiary/aromatic N) is 1. The fraction of sp³-hybridized carbons (Fsp3) is 0.848. The zero-order valence-electron chi connectivity index (χ0n) is 36.6. The van der Waals surface area contributed by atoms with E-state index >= 15 is 0 Å². The molecule has 0 rings (SSSR count). The number of carbonyl (C=O) groups is 1. The monoisotopic (exact) mass is 797 g/mol. The van der Waals surface area contributed by atoms with Crippen molar-refractivity contribution in [2.24, 2.45) is 0 Å². The summed E-state index contributed by atoms with van der Waals surface area (Å²) in [7, 11) is 1.29. The standard InChI is InChI=1S/C46H89N2O6P/c1-6-8-10-12-14-16-18-20-21-22-23-24-25-26-27-28-30-32-34-36-38-40-46(50)47-44(43-54-55(51,52)53-42-41-48(3,4)5)45(49)39-37-35-33-31-29-19-17-15-13-11-9-7-2/h18,20,22-23,25-26,44-45,49H,6-17,19,21,24,27-43H2,1-5H3,(H-,47,50,51,52)/b20-18-,23-22-,26-25-. The fourth-order valence-electron chi connectivity index (χ4n) is 6.46. The summed E-state index contributed by atoms with van der Waals surface area (Å²) in [6.45, 7) is 4.68. The van der Waals surface area contributed by atoms with Crippen LogP contribution in [0.25, 0.3) is 0 Å². The summed E-state index contributed by atoms with van der Waals surface area (Å²) in [6, 6.07) is -0.806. The first-order valence-corrected chi connectivity index (χ1v) is 24.3. The highest BCUT2D eigenvalue weighted by molar-refractivity contribution is 7.45. The summed E-state index contributed by atoms with van der Waals surface area (Å²) < 4.78 is 23.2. The topological polar surface area (TPSA) is 108 Å². The van der Waals surface area contributed by atoms with Gasteiger partial charge in [-0.05, 0) is 51.4 Å². The van der Waals surface area contributed by atoms with Gasteiger partial charge >= 0.3 is 0 Å². The molecule has 9 heteroatoms. The molecule has 0 aromatic carbocycles. The minimum Gasteiger partial charge on any atom is -0.756 e. The molecule has 2 N–H and O–H groups in total. The summed E-state index contributed by atoms with van der Waals surface area (Å²) >= 11 is 0. The largest absolute Gasteiger partial charge is 0.756 e. The highest BCUT2D eigenvalue weighted by atomic mass is 31.2. The number of likely N-dealkylation sites (N-methyl/N-ethyl adjacent to an activating group) is 1. The Labute approximate surface area is 340 Å². The number of carbonyl (C=O) groups excluding carboxylic acids is 1. The van der Waals surface area contributed by atoms with E-state index in [2.05, 4.69) is 55.6 Å². The first-order chi connectivity index (χ1) is 26.5. The van der Waals surface area contributed by atoms with E-state index in [1.807, 2.05) is 21.1 Å². The lowest BCUT2D eigenvalue weighted by molar-refractivity contribution is -0.870. The molecule has 0 aliphatic heterocycles. The van der Waals surface area contributed by atoms with Gasteiger partial charge in [-0.2, -0.15) is 0 Å². The molecule has 0 aliphatic carbocycles. The molecule has 0 aromatic rings. The van der Waals surface area contributed by atoms with Gasteiger partial charge in [-0.1, -0.05) is 179 Å². The van der Waals surface area contributed by atoms with Crippen LogP contribution in [0.5, 0.6) is 0 Å². The lowest BCUT2D eigenvalue weighted by atomic mass is 10.0. The Hall–Kier alpha value is -1.28. The van der Waals surface area contributed by atoms with Crippen molar-refractivity contribution in [1.29, 1.82) is 0 Å². The lowest BCUT2D eigenvalue weighted by Gasteiger charge is -2.30. The maximum atomic E-state index is 12.9. The molecule has 0 aliphatic rings. The number of hydrogen-bond acceptors (Lipinski definition) is 6. The number of phosphoric acid groups is 1. The van der Waals surface area contributed by atoms with Crippen molar-refractivity contribution in [1.82, 2.24) is 5.32 Å². The maximum absolute atomic E-state index is 12.9. The van der Waals surface area contributed by atoms with Gasteiger partial charge in [-0.15, -0.1) is 0 Å². The molecule has 55 heavy (non-hydrogen) atoms. The van der Waals surface area contributed by atoms with E-state index in [9.17, 15) is 19.4 Å². The Morgan fingerprint density at radius 1 is 0.636 bits per heavy atom. The van der Waals surface area contributed by atoms with E-state index in [0.717, 1.165) is 64.2 Å². The Morgan fingerprint density at radius 2 is 1.05 bits per heavy atom. The molecule has 0 radical (unpaired) electrons. The Morgan fingerprint density at radius 3 is 1.53 bits per heavy atom. The molecule has 3 unspecified atom stereocenters. The fourth-order valence-corrected chi connectivity index (χ4v) is 7.18. The van der Waals surface area contributed by atoms with Gasteiger partial charge in [-0.25, -0.2) is 0 Å². The van der Waals surface area contributed by atoms with Gasteiger partial charge in [0.2, 0.25) is 5.91 Å². The van der Waals surface area contributed by atoms with E-state index in [1.165, 1.54) is 109 Å². The number of hydrogen-bond donors (Lipinski definition) is 2. The molecule has 8 nitrogen and oxygen atoms in total. The van der Waals surface area contributed by atoms with Crippen LogP contribution in [0.15, 0.2) is 36.5 Å². The van der Waals surface area contributed by atoms with Crippen molar-refractivity contribution in [2.75, 3.05) is 40.9 Å². The average Bonchev–Trinajstić information content (AvgIpc) is 3.13. The number of aliphatic hydroxyl groups is 1. The normalized spacial score (nSPS) is 14.7. The summed E-state index contributed by atoms with van der Waals surface area (Å²) in [4.78, 5) is 25.3. The molecular formula is C46H89N2O6P. The second-order valence-corrected chi connectivity index (χ2v) is 18.2. The van der Waals surface area contributed by atoms with E-state index in [1.54, 1.807) is 0 Å². The first-order valence-electron chi connectivity index (χ1n) is 22.8. The van der Waals surface area contributed by atoms with Gasteiger partial charge in [0, 0.05) is 6.42 Å². The lowest BCUT2D eigenvalue weighted by Crippen LogP contribution is -2.46. The van der Waals surface area contributed by atoms with Gasteiger partial charge in [0.1, 0.15) is 13.2 Å². The molecule has 324 valence electrons. The number of phosphoric ester groups is 1. The summed E-state index contributed by atoms with van der Waals surface area (Å²) in [5.74, 6) is -0.179. The average molecular weight is 797 g/mol. The van der Waals surface area contributed by atoms with Crippen LogP contribution in [0.3, 0.4) is 0 Å². The third-order valence-electron chi connectivity index (χ3n) is 10.1. The quantitative estimate of drug-likeness (QED) is 0.0276. The van der Waals surface area contributed by atoms with Gasteiger partial charge in [0.25, 0.3) is 7.82 Å². The summed E-state index contributed by atoms with van der Waals surface area (Å²) in [6.07, 6.45) is 45.7. The highest BCUT2D eigenvalue weighted by Gasteiger charge is 2.24. The molecule has 1 amide bonds. The molecule has 0 aromatic heterocycles. The number of rotatable bonds is 41. The Bertz CT molecular complexity index is 995. The second-order valence-electron chi connectivity index (χ2n) is 16.8. The van der Waals surface area contributed by atoms with Crippen molar-refractivity contribution in [2.45, 2.75) is 212 Å². The number of nitrogens with one attached hydrogen (secondary N) is 1. The Kier molecular flexibility index (Phi) is 37.4. The zero-order chi connectivity index (χ0) is 40.7. The summed E-state index contributed by atoms with van der Waals surface area (Å²) in [5, 5.41) is 13.9. The minimum atomic E-state index is -4.57. The van der Waals surface area contributed by atoms with Crippen LogP contribution < -0.4 is 10.2 Å². The smallest absolute Gasteiger partial charge is 0.268 e. The molecule has 0 spiro atoms. The molecule has 0 fully saturated rings. The van der Waals surface area contributed by atoms with Crippen LogP contribution in [-0.2, 0) is 18.4 Å². The van der Waals surface area contributed by atoms with Crippen molar-refractivity contribution in [3.63, 3.8) is 0 Å². The third kappa shape index (κ3) is 40.7. The van der Waals surface area contributed by atoms with Crippen LogP contribution in [0.2, 0.25) is 0 Å². The van der Waals surface area contributed by atoms with Crippen molar-refractivity contribution in [3.05, 3.63) is 36.5 Å². The van der Waals surface area contributed by atoms with Crippen LogP contribution in [-0.4, -0.2) is 68.5 Å². The molecule has 0 heterocycles. The zero-order valence-corrected chi connectivity index (χ0v) is 37.5. The van der Waals surface area contributed by atoms with Crippen LogP contribution >= 0.6 is 7.82 Å². The molecule has 0 saturated heterocycles. The van der Waals surface area contributed by atoms with E-state index in [-0.39, 0.29) is 19.1 Å². The predicted molar refractivity (Wildman–Crippen MR) is 233 cm³/mol. The number of quaternary nitrogens is 1. The van der Waals surface area contributed by atoms with Crippen LogP contribution in [0.4, 0.5) is 0 Å². The van der Waals surface area contributed by atoms with Crippen molar-refractivity contribution >= 4 is 13.7 Å².